The number of nitrogens with one attached hydrogen (secondary N) is 1. The fourth-order valence-corrected chi connectivity index (χ4v) is 3.42. The second kappa shape index (κ2) is 10.9. The van der Waals surface area contributed by atoms with Crippen molar-refractivity contribution in [3.63, 3.8) is 0 Å². The summed E-state index contributed by atoms with van der Waals surface area (Å²) in [6.07, 6.45) is 4.51. The lowest BCUT2D eigenvalue weighted by Crippen LogP contribution is -2.50. The number of carbonyl (C=O) groups is 2. The lowest BCUT2D eigenvalue weighted by Gasteiger charge is -2.36. The van der Waals surface area contributed by atoms with Crippen LogP contribution in [0.1, 0.15) is 26.3 Å². The first kappa shape index (κ1) is 24.9. The number of hydrogen-bond donors (Lipinski definition) is 1. The van der Waals surface area contributed by atoms with E-state index in [0.717, 1.165) is 11.3 Å². The molecule has 0 radical (unpaired) electrons. The Kier molecular flexibility index (Phi) is 7.99. The summed E-state index contributed by atoms with van der Waals surface area (Å²) in [6.45, 7) is 8.09. The molecule has 1 fully saturated rings. The van der Waals surface area contributed by atoms with E-state index >= 15 is 0 Å². The summed E-state index contributed by atoms with van der Waals surface area (Å²) in [5.74, 6) is 1.45. The zero-order valence-corrected chi connectivity index (χ0v) is 20.3. The van der Waals surface area contributed by atoms with Gasteiger partial charge < -0.3 is 29.3 Å². The van der Waals surface area contributed by atoms with E-state index in [1.165, 1.54) is 6.08 Å². The normalized spacial score (nSPS) is 14.1. The quantitative estimate of drug-likeness (QED) is 0.645. The maximum Gasteiger partial charge on any atom is 0.410 e. The van der Waals surface area contributed by atoms with Gasteiger partial charge in [-0.1, -0.05) is 0 Å². The number of methoxy groups -OCH3 is 2. The minimum atomic E-state index is -0.506. The van der Waals surface area contributed by atoms with Gasteiger partial charge in [-0.3, -0.25) is 4.79 Å². The van der Waals surface area contributed by atoms with E-state index in [1.54, 1.807) is 55.7 Å². The molecule has 1 aliphatic rings. The Labute approximate surface area is 200 Å². The van der Waals surface area contributed by atoms with Gasteiger partial charge in [-0.15, -0.1) is 0 Å². The van der Waals surface area contributed by atoms with Crippen LogP contribution in [0, 0.1) is 0 Å². The van der Waals surface area contributed by atoms with Crippen LogP contribution in [-0.4, -0.2) is 67.9 Å². The Balaban J connectivity index is 1.54. The highest BCUT2D eigenvalue weighted by Crippen LogP contribution is 2.25. The lowest BCUT2D eigenvalue weighted by molar-refractivity contribution is -0.111. The Morgan fingerprint density at radius 2 is 1.76 bits per heavy atom. The fraction of sp³-hybridized carbons (Fsp3) is 0.400. The summed E-state index contributed by atoms with van der Waals surface area (Å²) in [6, 6.07) is 9.02. The van der Waals surface area contributed by atoms with Crippen molar-refractivity contribution in [2.24, 2.45) is 0 Å². The highest BCUT2D eigenvalue weighted by Gasteiger charge is 2.26. The molecular formula is C25H32N4O5. The van der Waals surface area contributed by atoms with E-state index in [4.69, 9.17) is 14.2 Å². The lowest BCUT2D eigenvalue weighted by atomic mass is 10.1. The van der Waals surface area contributed by atoms with Gasteiger partial charge in [0.25, 0.3) is 0 Å². The molecule has 1 aromatic carbocycles. The highest BCUT2D eigenvalue weighted by molar-refractivity contribution is 6.01. The third-order valence-corrected chi connectivity index (χ3v) is 5.15. The third kappa shape index (κ3) is 6.87. The van der Waals surface area contributed by atoms with Crippen LogP contribution in [0.15, 0.2) is 42.6 Å². The molecule has 2 heterocycles. The van der Waals surface area contributed by atoms with E-state index in [9.17, 15) is 9.59 Å². The molecule has 9 nitrogen and oxygen atoms in total. The van der Waals surface area contributed by atoms with Gasteiger partial charge in [0.15, 0.2) is 0 Å². The van der Waals surface area contributed by atoms with Crippen LogP contribution in [0.4, 0.5) is 16.3 Å². The SMILES string of the molecule is COc1ccc(OC)c(/C=C/C(=O)Nc2ccc(N3CCN(C(=O)OC(C)(C)C)CC3)cn2)c1. The number of pyridine rings is 1. The van der Waals surface area contributed by atoms with Gasteiger partial charge in [-0.05, 0) is 57.2 Å². The molecule has 182 valence electrons. The zero-order chi connectivity index (χ0) is 24.7. The molecule has 3 rings (SSSR count). The fourth-order valence-electron chi connectivity index (χ4n) is 3.42. The molecule has 1 saturated heterocycles. The van der Waals surface area contributed by atoms with Gasteiger partial charge in [0.05, 0.1) is 26.1 Å². The van der Waals surface area contributed by atoms with Crippen LogP contribution < -0.4 is 19.7 Å². The predicted molar refractivity (Wildman–Crippen MR) is 131 cm³/mol. The van der Waals surface area contributed by atoms with Crippen molar-refractivity contribution in [3.05, 3.63) is 48.2 Å². The largest absolute Gasteiger partial charge is 0.497 e. The van der Waals surface area contributed by atoms with Crippen LogP contribution in [0.5, 0.6) is 11.5 Å². The Bertz CT molecular complexity index is 1020. The second-order valence-electron chi connectivity index (χ2n) is 8.79. The molecule has 0 atom stereocenters. The first-order valence-corrected chi connectivity index (χ1v) is 11.1. The number of rotatable bonds is 6. The molecule has 0 aliphatic carbocycles. The van der Waals surface area contributed by atoms with Gasteiger partial charge in [0.1, 0.15) is 22.9 Å². The second-order valence-corrected chi connectivity index (χ2v) is 8.79. The van der Waals surface area contributed by atoms with E-state index in [-0.39, 0.29) is 12.0 Å². The number of piperazine rings is 1. The molecule has 34 heavy (non-hydrogen) atoms. The zero-order valence-electron chi connectivity index (χ0n) is 20.3. The molecule has 0 saturated carbocycles. The smallest absolute Gasteiger partial charge is 0.410 e. The first-order valence-electron chi connectivity index (χ1n) is 11.1. The summed E-state index contributed by atoms with van der Waals surface area (Å²) in [7, 11) is 3.15. The summed E-state index contributed by atoms with van der Waals surface area (Å²) in [5, 5.41) is 2.76. The molecule has 1 N–H and O–H groups in total. The van der Waals surface area contributed by atoms with Crippen molar-refractivity contribution in [1.29, 1.82) is 0 Å². The van der Waals surface area contributed by atoms with Crippen molar-refractivity contribution in [2.45, 2.75) is 26.4 Å². The first-order chi connectivity index (χ1) is 16.2. The monoisotopic (exact) mass is 468 g/mol. The minimum absolute atomic E-state index is 0.289. The standard InChI is InChI=1S/C25H32N4O5/c1-25(2,3)34-24(31)29-14-12-28(13-15-29)19-7-10-22(26-17-19)27-23(30)11-6-18-16-20(32-4)8-9-21(18)33-5/h6-11,16-17H,12-15H2,1-5H3,(H,26,27,30)/b11-6+. The van der Waals surface area contributed by atoms with Crippen LogP contribution in [0.3, 0.4) is 0 Å². The summed E-state index contributed by atoms with van der Waals surface area (Å²) >= 11 is 0. The number of aromatic nitrogens is 1. The topological polar surface area (TPSA) is 93.2 Å². The summed E-state index contributed by atoms with van der Waals surface area (Å²) in [5.41, 5.74) is 1.15. The molecule has 1 aliphatic heterocycles. The van der Waals surface area contributed by atoms with Crippen molar-refractivity contribution >= 4 is 29.6 Å². The van der Waals surface area contributed by atoms with Gasteiger partial charge >= 0.3 is 6.09 Å². The molecule has 0 bridgehead atoms. The molecule has 2 aromatic rings. The van der Waals surface area contributed by atoms with Gasteiger partial charge in [0, 0.05) is 37.8 Å². The average molecular weight is 469 g/mol. The van der Waals surface area contributed by atoms with Gasteiger partial charge in [0.2, 0.25) is 5.91 Å². The van der Waals surface area contributed by atoms with E-state index < -0.39 is 5.60 Å². The van der Waals surface area contributed by atoms with Crippen LogP contribution in [0.2, 0.25) is 0 Å². The maximum atomic E-state index is 12.4. The number of amides is 2. The highest BCUT2D eigenvalue weighted by atomic mass is 16.6. The molecular weight excluding hydrogens is 436 g/mol. The molecule has 9 heteroatoms. The Morgan fingerprint density at radius 3 is 2.35 bits per heavy atom. The number of hydrogen-bond acceptors (Lipinski definition) is 7. The summed E-state index contributed by atoms with van der Waals surface area (Å²) < 4.78 is 16.0. The van der Waals surface area contributed by atoms with E-state index in [0.29, 0.717) is 43.5 Å². The number of benzene rings is 1. The van der Waals surface area contributed by atoms with Crippen LogP contribution in [0.25, 0.3) is 6.08 Å². The van der Waals surface area contributed by atoms with E-state index in [1.807, 2.05) is 26.8 Å². The van der Waals surface area contributed by atoms with Gasteiger partial charge in [-0.2, -0.15) is 0 Å². The molecule has 0 spiro atoms. The third-order valence-electron chi connectivity index (χ3n) is 5.15. The van der Waals surface area contributed by atoms with Crippen molar-refractivity contribution in [1.82, 2.24) is 9.88 Å². The van der Waals surface area contributed by atoms with Crippen LogP contribution >= 0.6 is 0 Å². The van der Waals surface area contributed by atoms with Crippen LogP contribution in [-0.2, 0) is 9.53 Å². The van der Waals surface area contributed by atoms with Crippen molar-refractivity contribution in [2.75, 3.05) is 50.6 Å². The van der Waals surface area contributed by atoms with Crippen molar-refractivity contribution in [3.8, 4) is 11.5 Å². The molecule has 0 unspecified atom stereocenters. The Morgan fingerprint density at radius 1 is 1.03 bits per heavy atom. The number of nitrogens with zero attached hydrogens (tertiary/aromatic N) is 3. The predicted octanol–water partition coefficient (Wildman–Crippen LogP) is 3.81. The number of anilines is 2. The average Bonchev–Trinajstić information content (AvgIpc) is 2.82. The number of carbonyl (C=O) groups excluding carboxylic acids is 2. The number of ether oxygens (including phenoxy) is 3. The molecule has 1 aromatic heterocycles. The Hall–Kier alpha value is -3.75. The molecule has 2 amide bonds. The van der Waals surface area contributed by atoms with E-state index in [2.05, 4.69) is 15.2 Å². The minimum Gasteiger partial charge on any atom is -0.497 e. The maximum absolute atomic E-state index is 12.4. The summed E-state index contributed by atoms with van der Waals surface area (Å²) in [4.78, 5) is 32.8. The van der Waals surface area contributed by atoms with Gasteiger partial charge in [-0.25, -0.2) is 9.78 Å². The van der Waals surface area contributed by atoms with Crippen molar-refractivity contribution < 1.29 is 23.8 Å².